The number of carbonyl (C=O) groups is 2. The van der Waals surface area contributed by atoms with Crippen molar-refractivity contribution >= 4 is 57.5 Å². The van der Waals surface area contributed by atoms with Gasteiger partial charge in [0.2, 0.25) is 5.91 Å². The first-order valence-corrected chi connectivity index (χ1v) is 12.5. The fourth-order valence-electron chi connectivity index (χ4n) is 3.26. The number of benzene rings is 2. The molecular weight excluding hydrogens is 508 g/mol. The standard InChI is InChI=1S/C25H21F2N3O4S2/c1-15-11-12-35-21(15)13-20-23(32)30(17-5-9-19(10-6-17)34-24(26)27)25(29-20)36-14-22(31)28-16-3-7-18(33-2)8-4-16/h3-13,24H,14H2,1-2H3,(H,28,31)/b20-13-. The number of aliphatic imine (C=N–C) groups is 1. The summed E-state index contributed by atoms with van der Waals surface area (Å²) in [5.41, 5.74) is 2.24. The lowest BCUT2D eigenvalue weighted by atomic mass is 10.2. The number of rotatable bonds is 8. The second-order valence-corrected chi connectivity index (χ2v) is 9.36. The highest BCUT2D eigenvalue weighted by atomic mass is 32.2. The van der Waals surface area contributed by atoms with Gasteiger partial charge in [0.1, 0.15) is 17.2 Å². The van der Waals surface area contributed by atoms with E-state index in [-0.39, 0.29) is 29.0 Å². The van der Waals surface area contributed by atoms with Crippen LogP contribution in [0.25, 0.3) is 6.08 Å². The number of methoxy groups -OCH3 is 1. The van der Waals surface area contributed by atoms with E-state index in [0.29, 0.717) is 22.3 Å². The number of thioether (sulfide) groups is 1. The Morgan fingerprint density at radius 2 is 1.83 bits per heavy atom. The Hall–Kier alpha value is -3.70. The number of amides is 2. The van der Waals surface area contributed by atoms with E-state index in [2.05, 4.69) is 15.0 Å². The van der Waals surface area contributed by atoms with Crippen LogP contribution >= 0.6 is 23.1 Å². The van der Waals surface area contributed by atoms with Gasteiger partial charge in [0.25, 0.3) is 5.91 Å². The first kappa shape index (κ1) is 25.4. The van der Waals surface area contributed by atoms with Gasteiger partial charge >= 0.3 is 6.61 Å². The Bertz CT molecular complexity index is 1310. The predicted molar refractivity (Wildman–Crippen MR) is 139 cm³/mol. The molecule has 3 aromatic rings. The van der Waals surface area contributed by atoms with Crippen molar-refractivity contribution in [2.45, 2.75) is 13.5 Å². The summed E-state index contributed by atoms with van der Waals surface area (Å²) >= 11 is 2.57. The van der Waals surface area contributed by atoms with E-state index in [0.717, 1.165) is 22.2 Å². The van der Waals surface area contributed by atoms with Crippen molar-refractivity contribution in [2.75, 3.05) is 23.1 Å². The van der Waals surface area contributed by atoms with Crippen molar-refractivity contribution in [1.82, 2.24) is 0 Å². The zero-order valence-electron chi connectivity index (χ0n) is 19.2. The molecule has 0 atom stereocenters. The lowest BCUT2D eigenvalue weighted by Gasteiger charge is -2.18. The molecule has 2 aromatic carbocycles. The number of halogens is 2. The third-order valence-electron chi connectivity index (χ3n) is 5.03. The van der Waals surface area contributed by atoms with Gasteiger partial charge in [0, 0.05) is 10.6 Å². The summed E-state index contributed by atoms with van der Waals surface area (Å²) in [6, 6.07) is 14.5. The summed E-state index contributed by atoms with van der Waals surface area (Å²) in [5, 5.41) is 5.01. The number of nitrogens with zero attached hydrogens (tertiary/aromatic N) is 2. The van der Waals surface area contributed by atoms with Gasteiger partial charge in [0.15, 0.2) is 5.17 Å². The summed E-state index contributed by atoms with van der Waals surface area (Å²) in [7, 11) is 1.56. The molecule has 1 aliphatic rings. The Kier molecular flexibility index (Phi) is 8.01. The van der Waals surface area contributed by atoms with Crippen LogP contribution in [0.15, 0.2) is 70.7 Å². The number of hydrogen-bond donors (Lipinski definition) is 1. The van der Waals surface area contributed by atoms with Gasteiger partial charge in [-0.3, -0.25) is 14.5 Å². The maximum Gasteiger partial charge on any atom is 0.387 e. The minimum Gasteiger partial charge on any atom is -0.497 e. The summed E-state index contributed by atoms with van der Waals surface area (Å²) in [6.07, 6.45) is 1.70. The van der Waals surface area contributed by atoms with Crippen molar-refractivity contribution in [2.24, 2.45) is 4.99 Å². The first-order chi connectivity index (χ1) is 17.3. The van der Waals surface area contributed by atoms with Crippen LogP contribution in [-0.2, 0) is 9.59 Å². The highest BCUT2D eigenvalue weighted by Gasteiger charge is 2.32. The molecule has 2 heterocycles. The fourth-order valence-corrected chi connectivity index (χ4v) is 4.92. The summed E-state index contributed by atoms with van der Waals surface area (Å²) < 4.78 is 34.6. The molecule has 4 rings (SSSR count). The van der Waals surface area contributed by atoms with Gasteiger partial charge in [-0.05, 0) is 78.5 Å². The van der Waals surface area contributed by atoms with Crippen molar-refractivity contribution in [3.8, 4) is 11.5 Å². The summed E-state index contributed by atoms with van der Waals surface area (Å²) in [4.78, 5) is 32.6. The number of carbonyl (C=O) groups excluding carboxylic acids is 2. The minimum absolute atomic E-state index is 0.00741. The van der Waals surface area contributed by atoms with E-state index >= 15 is 0 Å². The Balaban J connectivity index is 1.54. The van der Waals surface area contributed by atoms with Crippen LogP contribution in [0.2, 0.25) is 0 Å². The second kappa shape index (κ2) is 11.4. The number of amidine groups is 1. The second-order valence-electron chi connectivity index (χ2n) is 7.47. The molecule has 186 valence electrons. The number of nitrogens with one attached hydrogen (secondary N) is 1. The van der Waals surface area contributed by atoms with E-state index in [9.17, 15) is 18.4 Å². The Labute approximate surface area is 214 Å². The van der Waals surface area contributed by atoms with Crippen LogP contribution < -0.4 is 19.7 Å². The van der Waals surface area contributed by atoms with E-state index in [4.69, 9.17) is 4.74 Å². The molecule has 0 saturated heterocycles. The minimum atomic E-state index is -2.95. The lowest BCUT2D eigenvalue weighted by Crippen LogP contribution is -2.31. The molecule has 7 nitrogen and oxygen atoms in total. The average Bonchev–Trinajstić information content (AvgIpc) is 3.41. The monoisotopic (exact) mass is 529 g/mol. The van der Waals surface area contributed by atoms with Gasteiger partial charge in [-0.15, -0.1) is 11.3 Å². The molecule has 11 heteroatoms. The molecule has 1 aromatic heterocycles. The van der Waals surface area contributed by atoms with Gasteiger partial charge < -0.3 is 14.8 Å². The van der Waals surface area contributed by atoms with Crippen molar-refractivity contribution < 1.29 is 27.8 Å². The predicted octanol–water partition coefficient (Wildman–Crippen LogP) is 5.78. The highest BCUT2D eigenvalue weighted by molar-refractivity contribution is 8.14. The third kappa shape index (κ3) is 6.10. The average molecular weight is 530 g/mol. The van der Waals surface area contributed by atoms with Crippen molar-refractivity contribution in [3.05, 3.63) is 76.1 Å². The highest BCUT2D eigenvalue weighted by Crippen LogP contribution is 2.32. The molecule has 0 fully saturated rings. The van der Waals surface area contributed by atoms with Crippen LogP contribution in [0.5, 0.6) is 11.5 Å². The maximum atomic E-state index is 13.3. The number of aryl methyl sites for hydroxylation is 1. The van der Waals surface area contributed by atoms with Crippen LogP contribution in [0.4, 0.5) is 20.2 Å². The first-order valence-electron chi connectivity index (χ1n) is 10.6. The molecule has 0 unspecified atom stereocenters. The molecule has 36 heavy (non-hydrogen) atoms. The zero-order chi connectivity index (χ0) is 25.7. The molecule has 2 amide bonds. The summed E-state index contributed by atoms with van der Waals surface area (Å²) in [6.45, 7) is -1.02. The van der Waals surface area contributed by atoms with Crippen molar-refractivity contribution in [3.63, 3.8) is 0 Å². The molecular formula is C25H21F2N3O4S2. The van der Waals surface area contributed by atoms with E-state index < -0.39 is 6.61 Å². The lowest BCUT2D eigenvalue weighted by molar-refractivity contribution is -0.114. The number of hydrogen-bond acceptors (Lipinski definition) is 7. The molecule has 0 radical (unpaired) electrons. The van der Waals surface area contributed by atoms with E-state index in [1.165, 1.54) is 40.5 Å². The molecule has 0 saturated carbocycles. The SMILES string of the molecule is COc1ccc(NC(=O)CSC2=N/C(=C\c3sccc3C)C(=O)N2c2ccc(OC(F)F)cc2)cc1. The largest absolute Gasteiger partial charge is 0.497 e. The van der Waals surface area contributed by atoms with E-state index in [1.807, 2.05) is 18.4 Å². The van der Waals surface area contributed by atoms with Gasteiger partial charge in [-0.2, -0.15) is 8.78 Å². The summed E-state index contributed by atoms with van der Waals surface area (Å²) in [5.74, 6) is -0.0413. The number of alkyl halides is 2. The maximum absolute atomic E-state index is 13.3. The normalized spacial score (nSPS) is 14.4. The number of anilines is 2. The third-order valence-corrected chi connectivity index (χ3v) is 6.93. The number of thiophene rings is 1. The molecule has 1 aliphatic heterocycles. The van der Waals surface area contributed by atoms with Crippen molar-refractivity contribution in [1.29, 1.82) is 0 Å². The zero-order valence-corrected chi connectivity index (χ0v) is 20.9. The van der Waals surface area contributed by atoms with Crippen LogP contribution in [-0.4, -0.2) is 36.5 Å². The fraction of sp³-hybridized carbons (Fsp3) is 0.160. The molecule has 0 spiro atoms. The quantitative estimate of drug-likeness (QED) is 0.374. The van der Waals surface area contributed by atoms with Crippen LogP contribution in [0, 0.1) is 6.92 Å². The van der Waals surface area contributed by atoms with Crippen LogP contribution in [0.1, 0.15) is 10.4 Å². The van der Waals surface area contributed by atoms with Gasteiger partial charge in [0.05, 0.1) is 18.6 Å². The van der Waals surface area contributed by atoms with Gasteiger partial charge in [-0.25, -0.2) is 4.99 Å². The van der Waals surface area contributed by atoms with Crippen LogP contribution in [0.3, 0.4) is 0 Å². The van der Waals surface area contributed by atoms with E-state index in [1.54, 1.807) is 37.5 Å². The topological polar surface area (TPSA) is 80.2 Å². The number of ether oxygens (including phenoxy) is 2. The Morgan fingerprint density at radius 3 is 2.44 bits per heavy atom. The molecule has 0 bridgehead atoms. The smallest absolute Gasteiger partial charge is 0.387 e. The Morgan fingerprint density at radius 1 is 1.14 bits per heavy atom. The molecule has 0 aliphatic carbocycles. The molecule has 1 N–H and O–H groups in total. The van der Waals surface area contributed by atoms with Gasteiger partial charge in [-0.1, -0.05) is 11.8 Å².